The molecule has 0 aliphatic carbocycles. The molecule has 4 nitrogen and oxygen atoms in total. The van der Waals surface area contributed by atoms with Gasteiger partial charge in [0, 0.05) is 18.3 Å². The summed E-state index contributed by atoms with van der Waals surface area (Å²) in [5.74, 6) is 3.71. The molecule has 0 saturated carbocycles. The molecule has 1 saturated heterocycles. The summed E-state index contributed by atoms with van der Waals surface area (Å²) in [6.07, 6.45) is 0.681. The van der Waals surface area contributed by atoms with Crippen LogP contribution in [-0.2, 0) is 0 Å². The number of hydrogen-bond donors (Lipinski definition) is 2. The number of ether oxygens (including phenoxy) is 2. The summed E-state index contributed by atoms with van der Waals surface area (Å²) in [7, 11) is 1.61. The smallest absolute Gasteiger partial charge is 0.161 e. The lowest BCUT2D eigenvalue weighted by molar-refractivity contribution is 0.102. The monoisotopic (exact) mass is 283 g/mol. The maximum absolute atomic E-state index is 9.90. The molecule has 5 heteroatoms. The van der Waals surface area contributed by atoms with Crippen molar-refractivity contribution in [3.05, 3.63) is 24.3 Å². The Bertz CT molecular complexity index is 383. The zero-order valence-corrected chi connectivity index (χ0v) is 12.0. The summed E-state index contributed by atoms with van der Waals surface area (Å²) in [4.78, 5) is 0. The van der Waals surface area contributed by atoms with E-state index in [1.54, 1.807) is 7.11 Å². The van der Waals surface area contributed by atoms with Gasteiger partial charge in [0.2, 0.25) is 0 Å². The SMILES string of the molecule is COc1ccccc1OCC(O)CNC1CCSC1. The largest absolute Gasteiger partial charge is 0.493 e. The molecule has 19 heavy (non-hydrogen) atoms. The number of aliphatic hydroxyl groups excluding tert-OH is 1. The maximum Gasteiger partial charge on any atom is 0.161 e. The van der Waals surface area contributed by atoms with Crippen LogP contribution in [0.15, 0.2) is 24.3 Å². The van der Waals surface area contributed by atoms with E-state index in [9.17, 15) is 5.11 Å². The van der Waals surface area contributed by atoms with Crippen LogP contribution in [0.2, 0.25) is 0 Å². The lowest BCUT2D eigenvalue weighted by Crippen LogP contribution is -2.38. The van der Waals surface area contributed by atoms with E-state index in [2.05, 4.69) is 5.32 Å². The molecule has 1 aromatic rings. The molecule has 1 aromatic carbocycles. The second-order valence-electron chi connectivity index (χ2n) is 4.58. The third-order valence-corrected chi connectivity index (χ3v) is 4.23. The number of rotatable bonds is 7. The molecule has 0 aromatic heterocycles. The zero-order chi connectivity index (χ0) is 13.5. The highest BCUT2D eigenvalue weighted by atomic mass is 32.2. The number of methoxy groups -OCH3 is 1. The Hall–Kier alpha value is -0.910. The van der Waals surface area contributed by atoms with Gasteiger partial charge < -0.3 is 19.9 Å². The molecule has 2 unspecified atom stereocenters. The second kappa shape index (κ2) is 7.62. The molecule has 0 spiro atoms. The fourth-order valence-corrected chi connectivity index (χ4v) is 3.17. The summed E-state index contributed by atoms with van der Waals surface area (Å²) in [5, 5.41) is 13.3. The number of para-hydroxylation sites is 2. The molecule has 1 aliphatic rings. The van der Waals surface area contributed by atoms with Gasteiger partial charge in [-0.05, 0) is 24.3 Å². The third kappa shape index (κ3) is 4.60. The predicted molar refractivity (Wildman–Crippen MR) is 78.2 cm³/mol. The van der Waals surface area contributed by atoms with E-state index < -0.39 is 6.10 Å². The summed E-state index contributed by atoms with van der Waals surface area (Å²) in [6, 6.07) is 7.99. The Morgan fingerprint density at radius 1 is 1.42 bits per heavy atom. The van der Waals surface area contributed by atoms with Gasteiger partial charge in [0.25, 0.3) is 0 Å². The molecule has 2 atom stereocenters. The zero-order valence-electron chi connectivity index (χ0n) is 11.2. The quantitative estimate of drug-likeness (QED) is 0.795. The maximum atomic E-state index is 9.90. The Balaban J connectivity index is 1.71. The number of nitrogens with one attached hydrogen (secondary N) is 1. The van der Waals surface area contributed by atoms with Crippen molar-refractivity contribution in [3.63, 3.8) is 0 Å². The molecular formula is C14H21NO3S. The molecule has 2 N–H and O–H groups in total. The van der Waals surface area contributed by atoms with Crippen molar-refractivity contribution in [2.75, 3.05) is 31.8 Å². The number of aliphatic hydroxyl groups is 1. The van der Waals surface area contributed by atoms with Gasteiger partial charge in [-0.3, -0.25) is 0 Å². The highest BCUT2D eigenvalue weighted by Crippen LogP contribution is 2.25. The fourth-order valence-electron chi connectivity index (χ4n) is 1.98. The highest BCUT2D eigenvalue weighted by Gasteiger charge is 2.16. The van der Waals surface area contributed by atoms with E-state index in [4.69, 9.17) is 9.47 Å². The Labute approximate surface area is 118 Å². The van der Waals surface area contributed by atoms with Gasteiger partial charge in [-0.15, -0.1) is 0 Å². The van der Waals surface area contributed by atoms with Gasteiger partial charge in [-0.1, -0.05) is 12.1 Å². The average Bonchev–Trinajstić information content (AvgIpc) is 2.96. The highest BCUT2D eigenvalue weighted by molar-refractivity contribution is 7.99. The fraction of sp³-hybridized carbons (Fsp3) is 0.571. The first-order valence-electron chi connectivity index (χ1n) is 6.54. The summed E-state index contributed by atoms with van der Waals surface area (Å²) >= 11 is 1.96. The van der Waals surface area contributed by atoms with E-state index in [0.717, 1.165) is 5.75 Å². The lowest BCUT2D eigenvalue weighted by atomic mass is 10.2. The predicted octanol–water partition coefficient (Wildman–Crippen LogP) is 1.53. The van der Waals surface area contributed by atoms with E-state index in [1.165, 1.54) is 12.2 Å². The minimum Gasteiger partial charge on any atom is -0.493 e. The first kappa shape index (κ1) is 14.5. The van der Waals surface area contributed by atoms with Crippen LogP contribution in [0.25, 0.3) is 0 Å². The van der Waals surface area contributed by atoms with E-state index in [0.29, 0.717) is 24.1 Å². The summed E-state index contributed by atoms with van der Waals surface area (Å²) in [5.41, 5.74) is 0. The standard InChI is InChI=1S/C14H21NO3S/c1-17-13-4-2-3-5-14(13)18-9-12(16)8-15-11-6-7-19-10-11/h2-5,11-12,15-16H,6-10H2,1H3. The number of hydrogen-bond acceptors (Lipinski definition) is 5. The molecule has 1 aliphatic heterocycles. The first-order chi connectivity index (χ1) is 9.29. The van der Waals surface area contributed by atoms with Crippen LogP contribution in [0.1, 0.15) is 6.42 Å². The Kier molecular flexibility index (Phi) is 5.82. The van der Waals surface area contributed by atoms with Gasteiger partial charge in [-0.2, -0.15) is 11.8 Å². The van der Waals surface area contributed by atoms with Crippen LogP contribution in [0, 0.1) is 0 Å². The lowest BCUT2D eigenvalue weighted by Gasteiger charge is -2.17. The van der Waals surface area contributed by atoms with Gasteiger partial charge in [0.05, 0.1) is 7.11 Å². The van der Waals surface area contributed by atoms with Gasteiger partial charge >= 0.3 is 0 Å². The van der Waals surface area contributed by atoms with Crippen molar-refractivity contribution in [1.82, 2.24) is 5.32 Å². The number of thioether (sulfide) groups is 1. The first-order valence-corrected chi connectivity index (χ1v) is 7.70. The number of benzene rings is 1. The minimum absolute atomic E-state index is 0.271. The minimum atomic E-state index is -0.504. The molecule has 0 radical (unpaired) electrons. The van der Waals surface area contributed by atoms with E-state index >= 15 is 0 Å². The van der Waals surface area contributed by atoms with E-state index in [-0.39, 0.29) is 6.61 Å². The molecule has 1 fully saturated rings. The Morgan fingerprint density at radius 2 is 2.21 bits per heavy atom. The van der Waals surface area contributed by atoms with Crippen molar-refractivity contribution >= 4 is 11.8 Å². The molecule has 2 rings (SSSR count). The van der Waals surface area contributed by atoms with Gasteiger partial charge in [-0.25, -0.2) is 0 Å². The summed E-state index contributed by atoms with van der Waals surface area (Å²) < 4.78 is 10.8. The molecule has 0 amide bonds. The average molecular weight is 283 g/mol. The van der Waals surface area contributed by atoms with Crippen LogP contribution >= 0.6 is 11.8 Å². The van der Waals surface area contributed by atoms with Crippen molar-refractivity contribution in [1.29, 1.82) is 0 Å². The summed E-state index contributed by atoms with van der Waals surface area (Å²) in [6.45, 7) is 0.841. The van der Waals surface area contributed by atoms with Gasteiger partial charge in [0.1, 0.15) is 12.7 Å². The second-order valence-corrected chi connectivity index (χ2v) is 5.73. The van der Waals surface area contributed by atoms with Crippen LogP contribution in [-0.4, -0.2) is 49.0 Å². The van der Waals surface area contributed by atoms with Crippen molar-refractivity contribution in [2.24, 2.45) is 0 Å². The van der Waals surface area contributed by atoms with Crippen molar-refractivity contribution in [3.8, 4) is 11.5 Å². The molecule has 106 valence electrons. The molecular weight excluding hydrogens is 262 g/mol. The normalized spacial score (nSPS) is 20.2. The Morgan fingerprint density at radius 3 is 2.89 bits per heavy atom. The third-order valence-electron chi connectivity index (χ3n) is 3.07. The van der Waals surface area contributed by atoms with Crippen LogP contribution in [0.4, 0.5) is 0 Å². The van der Waals surface area contributed by atoms with Crippen LogP contribution in [0.5, 0.6) is 11.5 Å². The van der Waals surface area contributed by atoms with Gasteiger partial charge in [0.15, 0.2) is 11.5 Å². The van der Waals surface area contributed by atoms with Crippen molar-refractivity contribution in [2.45, 2.75) is 18.6 Å². The molecule has 0 bridgehead atoms. The van der Waals surface area contributed by atoms with Crippen molar-refractivity contribution < 1.29 is 14.6 Å². The van der Waals surface area contributed by atoms with Crippen LogP contribution in [0.3, 0.4) is 0 Å². The molecule has 1 heterocycles. The van der Waals surface area contributed by atoms with Crippen LogP contribution < -0.4 is 14.8 Å². The van der Waals surface area contributed by atoms with E-state index in [1.807, 2.05) is 36.0 Å². The topological polar surface area (TPSA) is 50.7 Å².